The molecule has 0 aliphatic carbocycles. The molecule has 2 heterocycles. The summed E-state index contributed by atoms with van der Waals surface area (Å²) in [4.78, 5) is 40.3. The molecule has 0 fully saturated rings. The van der Waals surface area contributed by atoms with Crippen LogP contribution in [0.2, 0.25) is 5.02 Å². The van der Waals surface area contributed by atoms with Crippen LogP contribution >= 0.6 is 22.9 Å². The zero-order chi connectivity index (χ0) is 21.8. The monoisotopic (exact) mass is 446 g/mol. The van der Waals surface area contributed by atoms with Gasteiger partial charge in [-0.25, -0.2) is 9.59 Å². The number of carbonyl (C=O) groups excluding carboxylic acids is 1. The normalized spacial score (nSPS) is 10.5. The molecule has 8 nitrogen and oxygen atoms in total. The van der Waals surface area contributed by atoms with Crippen molar-refractivity contribution in [2.45, 2.75) is 6.92 Å². The van der Waals surface area contributed by atoms with Crippen LogP contribution in [0.25, 0.3) is 10.4 Å². The molecule has 30 heavy (non-hydrogen) atoms. The fraction of sp³-hybridized carbons (Fsp3) is 0.100. The van der Waals surface area contributed by atoms with Gasteiger partial charge in [0.1, 0.15) is 5.02 Å². The van der Waals surface area contributed by atoms with E-state index in [-0.39, 0.29) is 21.6 Å². The third-order valence-electron chi connectivity index (χ3n) is 3.93. The quantitative estimate of drug-likeness (QED) is 0.555. The first-order valence-corrected chi connectivity index (χ1v) is 9.70. The van der Waals surface area contributed by atoms with Crippen molar-refractivity contribution in [1.82, 2.24) is 4.98 Å². The second kappa shape index (κ2) is 8.93. The maximum absolute atomic E-state index is 12.3. The van der Waals surface area contributed by atoms with Gasteiger partial charge in [0.2, 0.25) is 5.91 Å². The zero-order valence-corrected chi connectivity index (χ0v) is 17.1. The molecule has 1 amide bonds. The number of rotatable bonds is 7. The Morgan fingerprint density at radius 2 is 1.90 bits per heavy atom. The van der Waals surface area contributed by atoms with Gasteiger partial charge in [0.15, 0.2) is 17.2 Å². The minimum atomic E-state index is -1.29. The summed E-state index contributed by atoms with van der Waals surface area (Å²) in [5, 5.41) is 18.3. The van der Waals surface area contributed by atoms with Gasteiger partial charge in [0.05, 0.1) is 16.8 Å². The number of aromatic nitrogens is 1. The van der Waals surface area contributed by atoms with E-state index in [4.69, 9.17) is 21.4 Å². The maximum atomic E-state index is 12.3. The Balaban J connectivity index is 2.07. The number of aromatic carboxylic acids is 1. The van der Waals surface area contributed by atoms with Crippen molar-refractivity contribution in [2.75, 3.05) is 11.5 Å². The summed E-state index contributed by atoms with van der Waals surface area (Å²) in [5.74, 6) is -2.99. The van der Waals surface area contributed by atoms with Crippen molar-refractivity contribution in [3.63, 3.8) is 0 Å². The first-order chi connectivity index (χ1) is 14.3. The van der Waals surface area contributed by atoms with Gasteiger partial charge < -0.3 is 14.9 Å². The molecule has 2 N–H and O–H groups in total. The van der Waals surface area contributed by atoms with Crippen molar-refractivity contribution >= 4 is 52.2 Å². The predicted molar refractivity (Wildman–Crippen MR) is 112 cm³/mol. The SMILES string of the molecule is CC(=O)N(c1cccnc1)c1cccc(-c2sc(C(=O)O)c(OCC(=O)O)c2Cl)c1. The lowest BCUT2D eigenvalue weighted by Gasteiger charge is -2.21. The molecule has 0 bridgehead atoms. The average Bonchev–Trinajstić information content (AvgIpc) is 3.04. The van der Waals surface area contributed by atoms with E-state index < -0.39 is 18.5 Å². The second-order valence-electron chi connectivity index (χ2n) is 6.01. The highest BCUT2D eigenvalue weighted by atomic mass is 35.5. The number of amides is 1. The van der Waals surface area contributed by atoms with Crippen LogP contribution in [0, 0.1) is 0 Å². The van der Waals surface area contributed by atoms with Crippen LogP contribution in [0.15, 0.2) is 48.8 Å². The summed E-state index contributed by atoms with van der Waals surface area (Å²) in [6.45, 7) is 0.688. The molecule has 0 saturated carbocycles. The highest BCUT2D eigenvalue weighted by Gasteiger charge is 2.25. The Morgan fingerprint density at radius 1 is 1.17 bits per heavy atom. The van der Waals surface area contributed by atoms with Gasteiger partial charge in [-0.3, -0.25) is 14.7 Å². The highest BCUT2D eigenvalue weighted by molar-refractivity contribution is 7.18. The molecule has 0 unspecified atom stereocenters. The van der Waals surface area contributed by atoms with Crippen molar-refractivity contribution in [3.05, 3.63) is 58.7 Å². The van der Waals surface area contributed by atoms with Crippen LogP contribution in [0.1, 0.15) is 16.6 Å². The van der Waals surface area contributed by atoms with E-state index in [1.165, 1.54) is 11.8 Å². The van der Waals surface area contributed by atoms with Crippen molar-refractivity contribution in [2.24, 2.45) is 0 Å². The molecule has 0 aliphatic heterocycles. The lowest BCUT2D eigenvalue weighted by Crippen LogP contribution is -2.22. The van der Waals surface area contributed by atoms with E-state index in [1.54, 1.807) is 48.8 Å². The van der Waals surface area contributed by atoms with E-state index in [1.807, 2.05) is 0 Å². The Morgan fingerprint density at radius 3 is 2.50 bits per heavy atom. The molecule has 0 radical (unpaired) electrons. The van der Waals surface area contributed by atoms with Gasteiger partial charge >= 0.3 is 11.9 Å². The van der Waals surface area contributed by atoms with Crippen molar-refractivity contribution in [3.8, 4) is 16.2 Å². The summed E-state index contributed by atoms with van der Waals surface area (Å²) < 4.78 is 5.10. The standard InChI is InChI=1S/C20H15ClN2O6S/c1-11(24)23(14-6-3-7-22-9-14)13-5-2-4-12(8-13)18-16(21)17(29-10-15(25)26)19(30-18)20(27)28/h2-9H,10H2,1H3,(H,25,26)(H,27,28). The number of thiophene rings is 1. The molecular weight excluding hydrogens is 432 g/mol. The zero-order valence-electron chi connectivity index (χ0n) is 15.5. The summed E-state index contributed by atoms with van der Waals surface area (Å²) in [6.07, 6.45) is 3.14. The minimum absolute atomic E-state index is 0.00782. The molecule has 3 aromatic rings. The number of ether oxygens (including phenoxy) is 1. The Bertz CT molecular complexity index is 1120. The molecule has 2 aromatic heterocycles. The molecule has 0 saturated heterocycles. The lowest BCUT2D eigenvalue weighted by atomic mass is 10.1. The molecule has 1 aromatic carbocycles. The summed E-state index contributed by atoms with van der Waals surface area (Å²) in [7, 11) is 0. The molecule has 0 atom stereocenters. The first-order valence-electron chi connectivity index (χ1n) is 8.51. The van der Waals surface area contributed by atoms with Crippen molar-refractivity contribution < 1.29 is 29.3 Å². The number of nitrogens with zero attached hydrogens (tertiary/aromatic N) is 2. The maximum Gasteiger partial charge on any atom is 0.349 e. The molecule has 154 valence electrons. The van der Waals surface area contributed by atoms with Crippen LogP contribution in [-0.2, 0) is 9.59 Å². The number of aliphatic carboxylic acids is 1. The lowest BCUT2D eigenvalue weighted by molar-refractivity contribution is -0.139. The van der Waals surface area contributed by atoms with Crippen LogP contribution < -0.4 is 9.64 Å². The smallest absolute Gasteiger partial charge is 0.349 e. The number of halogens is 1. The van der Waals surface area contributed by atoms with Crippen LogP contribution in [0.5, 0.6) is 5.75 Å². The van der Waals surface area contributed by atoms with E-state index in [0.717, 1.165) is 11.3 Å². The fourth-order valence-corrected chi connectivity index (χ4v) is 4.17. The van der Waals surface area contributed by atoms with Gasteiger partial charge in [-0.2, -0.15) is 0 Å². The number of carboxylic acid groups (broad SMARTS) is 2. The van der Waals surface area contributed by atoms with Gasteiger partial charge in [-0.05, 0) is 29.8 Å². The Kier molecular flexibility index (Phi) is 6.34. The van der Waals surface area contributed by atoms with E-state index in [2.05, 4.69) is 4.98 Å². The number of hydrogen-bond donors (Lipinski definition) is 2. The third-order valence-corrected chi connectivity index (χ3v) is 5.61. The number of benzene rings is 1. The molecular formula is C20H15ClN2O6S. The molecule has 0 spiro atoms. The number of pyridine rings is 1. The van der Waals surface area contributed by atoms with Gasteiger partial charge in [-0.15, -0.1) is 11.3 Å². The molecule has 10 heteroatoms. The summed E-state index contributed by atoms with van der Waals surface area (Å²) in [5.41, 5.74) is 1.64. The topological polar surface area (TPSA) is 117 Å². The average molecular weight is 447 g/mol. The summed E-state index contributed by atoms with van der Waals surface area (Å²) in [6, 6.07) is 10.2. The number of carbonyl (C=O) groups is 3. The van der Waals surface area contributed by atoms with Gasteiger partial charge in [0.25, 0.3) is 0 Å². The summed E-state index contributed by atoms with van der Waals surface area (Å²) >= 11 is 7.20. The Hall–Kier alpha value is -3.43. The van der Waals surface area contributed by atoms with E-state index in [0.29, 0.717) is 21.8 Å². The second-order valence-corrected chi connectivity index (χ2v) is 7.41. The fourth-order valence-electron chi connectivity index (χ4n) is 2.77. The van der Waals surface area contributed by atoms with Crippen molar-refractivity contribution in [1.29, 1.82) is 0 Å². The first kappa shape index (κ1) is 21.3. The Labute approximate surface area is 179 Å². The predicted octanol–water partition coefficient (Wildman–Crippen LogP) is 4.31. The van der Waals surface area contributed by atoms with Gasteiger partial charge in [-0.1, -0.05) is 23.7 Å². The largest absolute Gasteiger partial charge is 0.479 e. The molecule has 0 aliphatic rings. The van der Waals surface area contributed by atoms with Crippen LogP contribution in [-0.4, -0.2) is 39.6 Å². The van der Waals surface area contributed by atoms with Crippen LogP contribution in [0.4, 0.5) is 11.4 Å². The van der Waals surface area contributed by atoms with Gasteiger partial charge in [0, 0.05) is 18.8 Å². The third kappa shape index (κ3) is 4.42. The minimum Gasteiger partial charge on any atom is -0.479 e. The van der Waals surface area contributed by atoms with Crippen LogP contribution in [0.3, 0.4) is 0 Å². The number of anilines is 2. The van der Waals surface area contributed by atoms with E-state index >= 15 is 0 Å². The van der Waals surface area contributed by atoms with E-state index in [9.17, 15) is 19.5 Å². The molecule has 3 rings (SSSR count). The number of carboxylic acids is 2. The highest BCUT2D eigenvalue weighted by Crippen LogP contribution is 2.46. The number of hydrogen-bond acceptors (Lipinski definition) is 6.